The summed E-state index contributed by atoms with van der Waals surface area (Å²) in [6.07, 6.45) is -1.17. The van der Waals surface area contributed by atoms with Crippen molar-refractivity contribution in [2.45, 2.75) is 32.1 Å². The zero-order chi connectivity index (χ0) is 18.1. The van der Waals surface area contributed by atoms with E-state index in [1.807, 2.05) is 18.2 Å². The van der Waals surface area contributed by atoms with Gasteiger partial charge in [0.05, 0.1) is 13.2 Å². The molecule has 3 atom stereocenters. The zero-order valence-electron chi connectivity index (χ0n) is 14.8. The van der Waals surface area contributed by atoms with Crippen LogP contribution in [-0.4, -0.2) is 51.9 Å². The summed E-state index contributed by atoms with van der Waals surface area (Å²) in [5.74, 6) is 0.0933. The van der Waals surface area contributed by atoms with Crippen molar-refractivity contribution in [3.05, 3.63) is 29.8 Å². The van der Waals surface area contributed by atoms with Gasteiger partial charge in [-0.1, -0.05) is 18.2 Å². The van der Waals surface area contributed by atoms with E-state index in [9.17, 15) is 9.59 Å². The minimum atomic E-state index is -0.601. The summed E-state index contributed by atoms with van der Waals surface area (Å²) in [6, 6.07) is 6.86. The van der Waals surface area contributed by atoms with E-state index in [0.717, 1.165) is 5.56 Å². The molecule has 3 unspecified atom stereocenters. The Balaban J connectivity index is 2.94. The molecule has 0 aliphatic rings. The summed E-state index contributed by atoms with van der Waals surface area (Å²) in [5, 5.41) is 5.64. The normalized spacial score (nSPS) is 14.4. The van der Waals surface area contributed by atoms with Gasteiger partial charge in [-0.05, 0) is 19.9 Å². The number of hydrogen-bond donors (Lipinski definition) is 2. The molecule has 0 fully saturated rings. The number of carbonyl (C=O) groups is 2. The van der Waals surface area contributed by atoms with Gasteiger partial charge in [-0.15, -0.1) is 0 Å². The molecule has 0 aliphatic heterocycles. The second kappa shape index (κ2) is 9.89. The van der Waals surface area contributed by atoms with Crippen LogP contribution < -0.4 is 15.4 Å². The van der Waals surface area contributed by atoms with Crippen LogP contribution in [0.5, 0.6) is 5.75 Å². The Bertz CT molecular complexity index is 550. The molecule has 24 heavy (non-hydrogen) atoms. The quantitative estimate of drug-likeness (QED) is 0.703. The highest BCUT2D eigenvalue weighted by atomic mass is 16.5. The standard InChI is InChI=1S/C17H26N2O5/c1-11(22-3)16(20)18-10-14(19-17(21)12(2)23-4)13-8-6-7-9-15(13)24-5/h6-9,11-12,14H,10H2,1-5H3,(H,18,20)(H,19,21). The van der Waals surface area contributed by atoms with Crippen molar-refractivity contribution in [3.8, 4) is 5.75 Å². The average Bonchev–Trinajstić information content (AvgIpc) is 2.62. The van der Waals surface area contributed by atoms with E-state index in [1.165, 1.54) is 14.2 Å². The summed E-state index contributed by atoms with van der Waals surface area (Å²) >= 11 is 0. The van der Waals surface area contributed by atoms with E-state index < -0.39 is 18.2 Å². The first-order chi connectivity index (χ1) is 11.4. The number of carbonyl (C=O) groups excluding carboxylic acids is 2. The van der Waals surface area contributed by atoms with Crippen LogP contribution in [0.1, 0.15) is 25.5 Å². The van der Waals surface area contributed by atoms with Crippen molar-refractivity contribution in [2.24, 2.45) is 0 Å². The molecule has 1 aromatic rings. The molecule has 134 valence electrons. The van der Waals surface area contributed by atoms with Gasteiger partial charge in [0.2, 0.25) is 11.8 Å². The van der Waals surface area contributed by atoms with Crippen molar-refractivity contribution in [1.82, 2.24) is 10.6 Å². The fourth-order valence-electron chi connectivity index (χ4n) is 2.04. The largest absolute Gasteiger partial charge is 0.496 e. The minimum absolute atomic E-state index is 0.203. The predicted octanol–water partition coefficient (Wildman–Crippen LogP) is 1.04. The van der Waals surface area contributed by atoms with Crippen LogP contribution in [0.4, 0.5) is 0 Å². The summed E-state index contributed by atoms with van der Waals surface area (Å²) < 4.78 is 15.4. The number of hydrogen-bond acceptors (Lipinski definition) is 5. The number of ether oxygens (including phenoxy) is 3. The lowest BCUT2D eigenvalue weighted by Crippen LogP contribution is -2.44. The molecule has 2 amide bonds. The van der Waals surface area contributed by atoms with E-state index in [4.69, 9.17) is 14.2 Å². The molecule has 0 heterocycles. The van der Waals surface area contributed by atoms with Crippen LogP contribution in [0.3, 0.4) is 0 Å². The lowest BCUT2D eigenvalue weighted by Gasteiger charge is -2.23. The maximum absolute atomic E-state index is 12.2. The van der Waals surface area contributed by atoms with Crippen molar-refractivity contribution in [2.75, 3.05) is 27.9 Å². The first-order valence-electron chi connectivity index (χ1n) is 7.71. The smallest absolute Gasteiger partial charge is 0.249 e. The van der Waals surface area contributed by atoms with Crippen molar-refractivity contribution >= 4 is 11.8 Å². The lowest BCUT2D eigenvalue weighted by molar-refractivity contribution is -0.132. The van der Waals surface area contributed by atoms with Crippen molar-refractivity contribution < 1.29 is 23.8 Å². The van der Waals surface area contributed by atoms with Gasteiger partial charge in [-0.2, -0.15) is 0 Å². The third-order valence-electron chi connectivity index (χ3n) is 3.76. The summed E-state index contributed by atoms with van der Waals surface area (Å²) in [5.41, 5.74) is 0.766. The van der Waals surface area contributed by atoms with Crippen LogP contribution >= 0.6 is 0 Å². The first kappa shape index (κ1) is 19.9. The first-order valence-corrected chi connectivity index (χ1v) is 7.71. The SMILES string of the molecule is COc1ccccc1C(CNC(=O)C(C)OC)NC(=O)C(C)OC. The molecular weight excluding hydrogens is 312 g/mol. The molecule has 0 aromatic heterocycles. The molecular formula is C17H26N2O5. The van der Waals surface area contributed by atoms with E-state index in [0.29, 0.717) is 5.75 Å². The highest BCUT2D eigenvalue weighted by molar-refractivity contribution is 5.82. The topological polar surface area (TPSA) is 85.9 Å². The highest BCUT2D eigenvalue weighted by Gasteiger charge is 2.23. The molecule has 7 nitrogen and oxygen atoms in total. The maximum atomic E-state index is 12.2. The molecule has 0 saturated heterocycles. The Hall–Kier alpha value is -2.12. The molecule has 0 bridgehead atoms. The summed E-state index contributed by atoms with van der Waals surface area (Å²) in [4.78, 5) is 24.1. The molecule has 7 heteroatoms. The summed E-state index contributed by atoms with van der Waals surface area (Å²) in [6.45, 7) is 3.51. The Morgan fingerprint density at radius 3 is 2.17 bits per heavy atom. The van der Waals surface area contributed by atoms with E-state index in [1.54, 1.807) is 27.0 Å². The number of benzene rings is 1. The van der Waals surface area contributed by atoms with E-state index in [-0.39, 0.29) is 18.4 Å². The Morgan fingerprint density at radius 1 is 1.00 bits per heavy atom. The number of nitrogens with one attached hydrogen (secondary N) is 2. The Morgan fingerprint density at radius 2 is 1.58 bits per heavy atom. The number of rotatable bonds is 9. The zero-order valence-corrected chi connectivity index (χ0v) is 14.8. The predicted molar refractivity (Wildman–Crippen MR) is 89.8 cm³/mol. The molecule has 1 rings (SSSR count). The van der Waals surface area contributed by atoms with Crippen molar-refractivity contribution in [3.63, 3.8) is 0 Å². The molecule has 2 N–H and O–H groups in total. The van der Waals surface area contributed by atoms with E-state index in [2.05, 4.69) is 10.6 Å². The van der Waals surface area contributed by atoms with Gasteiger partial charge in [0.1, 0.15) is 18.0 Å². The second-order valence-corrected chi connectivity index (χ2v) is 5.30. The molecule has 1 aromatic carbocycles. The second-order valence-electron chi connectivity index (χ2n) is 5.30. The number of amides is 2. The highest BCUT2D eigenvalue weighted by Crippen LogP contribution is 2.24. The third kappa shape index (κ3) is 5.50. The number of methoxy groups -OCH3 is 3. The Kier molecular flexibility index (Phi) is 8.21. The number of para-hydroxylation sites is 1. The molecule has 0 aliphatic carbocycles. The fraction of sp³-hybridized carbons (Fsp3) is 0.529. The Labute approximate surface area is 142 Å². The molecule has 0 spiro atoms. The van der Waals surface area contributed by atoms with Crippen LogP contribution in [-0.2, 0) is 19.1 Å². The van der Waals surface area contributed by atoms with Gasteiger partial charge in [-0.3, -0.25) is 9.59 Å². The average molecular weight is 338 g/mol. The van der Waals surface area contributed by atoms with Crippen LogP contribution in [0.2, 0.25) is 0 Å². The molecule has 0 saturated carbocycles. The monoisotopic (exact) mass is 338 g/mol. The van der Waals surface area contributed by atoms with Crippen molar-refractivity contribution in [1.29, 1.82) is 0 Å². The van der Waals surface area contributed by atoms with Gasteiger partial charge in [-0.25, -0.2) is 0 Å². The molecule has 0 radical (unpaired) electrons. The van der Waals surface area contributed by atoms with Gasteiger partial charge in [0, 0.05) is 26.3 Å². The lowest BCUT2D eigenvalue weighted by atomic mass is 10.0. The maximum Gasteiger partial charge on any atom is 0.249 e. The summed E-state index contributed by atoms with van der Waals surface area (Å²) in [7, 11) is 4.48. The van der Waals surface area contributed by atoms with Gasteiger partial charge in [0.25, 0.3) is 0 Å². The van der Waals surface area contributed by atoms with Crippen LogP contribution in [0.15, 0.2) is 24.3 Å². The van der Waals surface area contributed by atoms with Gasteiger partial charge < -0.3 is 24.8 Å². The fourth-order valence-corrected chi connectivity index (χ4v) is 2.04. The van der Waals surface area contributed by atoms with Crippen LogP contribution in [0, 0.1) is 0 Å². The van der Waals surface area contributed by atoms with Gasteiger partial charge >= 0.3 is 0 Å². The van der Waals surface area contributed by atoms with E-state index >= 15 is 0 Å². The third-order valence-corrected chi connectivity index (χ3v) is 3.76. The van der Waals surface area contributed by atoms with Gasteiger partial charge in [0.15, 0.2) is 0 Å². The van der Waals surface area contributed by atoms with Crippen LogP contribution in [0.25, 0.3) is 0 Å². The minimum Gasteiger partial charge on any atom is -0.496 e.